The third-order valence-electron chi connectivity index (χ3n) is 2.12. The van der Waals surface area contributed by atoms with Crippen molar-refractivity contribution in [2.24, 2.45) is 5.73 Å². The Hall–Kier alpha value is -1.41. The molecule has 0 saturated heterocycles. The third-order valence-corrected chi connectivity index (χ3v) is 2.12. The van der Waals surface area contributed by atoms with Crippen molar-refractivity contribution >= 4 is 11.9 Å². The maximum absolute atomic E-state index is 11.5. The van der Waals surface area contributed by atoms with Gasteiger partial charge in [0.2, 0.25) is 0 Å². The van der Waals surface area contributed by atoms with Gasteiger partial charge in [-0.3, -0.25) is 4.79 Å². The molecule has 1 atom stereocenters. The highest BCUT2D eigenvalue weighted by molar-refractivity contribution is 5.97. The quantitative estimate of drug-likeness (QED) is 0.744. The lowest BCUT2D eigenvalue weighted by Gasteiger charge is -2.04. The number of hydrogen-bond donors (Lipinski definition) is 1. The molecule has 1 radical (unpaired) electrons. The SMILES string of the molecule is [CH2]CCC(N)C(=O)C=Cc1ccccc1. The fourth-order valence-electron chi connectivity index (χ4n) is 1.23. The van der Waals surface area contributed by atoms with Crippen molar-refractivity contribution in [3.63, 3.8) is 0 Å². The topological polar surface area (TPSA) is 43.1 Å². The summed E-state index contributed by atoms with van der Waals surface area (Å²) in [6.45, 7) is 3.67. The van der Waals surface area contributed by atoms with Crippen LogP contribution in [0.25, 0.3) is 6.08 Å². The minimum Gasteiger partial charge on any atom is -0.321 e. The lowest BCUT2D eigenvalue weighted by atomic mass is 10.1. The van der Waals surface area contributed by atoms with Gasteiger partial charge in [-0.1, -0.05) is 49.8 Å². The number of hydrogen-bond acceptors (Lipinski definition) is 2. The Morgan fingerprint density at radius 3 is 2.67 bits per heavy atom. The molecule has 0 spiro atoms. The van der Waals surface area contributed by atoms with Gasteiger partial charge in [-0.05, 0) is 18.1 Å². The van der Waals surface area contributed by atoms with Gasteiger partial charge >= 0.3 is 0 Å². The molecule has 0 aliphatic carbocycles. The standard InChI is InChI=1S/C13H16NO/c1-2-6-12(14)13(15)10-9-11-7-4-3-5-8-11/h3-5,7-10,12H,1-2,6,14H2. The molecule has 15 heavy (non-hydrogen) atoms. The second-order valence-electron chi connectivity index (χ2n) is 3.40. The third kappa shape index (κ3) is 4.09. The van der Waals surface area contributed by atoms with Crippen molar-refractivity contribution in [3.05, 3.63) is 48.9 Å². The summed E-state index contributed by atoms with van der Waals surface area (Å²) < 4.78 is 0. The van der Waals surface area contributed by atoms with Crippen LogP contribution >= 0.6 is 0 Å². The molecule has 0 heterocycles. The molecule has 0 bridgehead atoms. The lowest BCUT2D eigenvalue weighted by Crippen LogP contribution is -2.28. The molecule has 0 amide bonds. The smallest absolute Gasteiger partial charge is 0.172 e. The van der Waals surface area contributed by atoms with E-state index in [1.54, 1.807) is 6.08 Å². The summed E-state index contributed by atoms with van der Waals surface area (Å²) in [5.41, 5.74) is 6.66. The number of carbonyl (C=O) groups excluding carboxylic acids is 1. The van der Waals surface area contributed by atoms with E-state index in [9.17, 15) is 4.79 Å². The highest BCUT2D eigenvalue weighted by atomic mass is 16.1. The number of carbonyl (C=O) groups is 1. The average molecular weight is 202 g/mol. The van der Waals surface area contributed by atoms with E-state index in [0.29, 0.717) is 12.8 Å². The Bertz CT molecular complexity index is 330. The Labute approximate surface area is 90.8 Å². The molecular formula is C13H16NO. The van der Waals surface area contributed by atoms with Crippen LogP contribution in [0.2, 0.25) is 0 Å². The van der Waals surface area contributed by atoms with Crippen LogP contribution in [0.4, 0.5) is 0 Å². The molecule has 0 aromatic heterocycles. The molecule has 1 rings (SSSR count). The summed E-state index contributed by atoms with van der Waals surface area (Å²) in [6.07, 6.45) is 4.64. The Morgan fingerprint density at radius 2 is 2.07 bits per heavy atom. The molecule has 1 aromatic carbocycles. The van der Waals surface area contributed by atoms with Crippen LogP contribution in [0.15, 0.2) is 36.4 Å². The van der Waals surface area contributed by atoms with Gasteiger partial charge in [-0.15, -0.1) is 0 Å². The average Bonchev–Trinajstić information content (AvgIpc) is 2.27. The van der Waals surface area contributed by atoms with Crippen LogP contribution in [0.5, 0.6) is 0 Å². The molecule has 2 N–H and O–H groups in total. The molecule has 2 nitrogen and oxygen atoms in total. The van der Waals surface area contributed by atoms with Crippen LogP contribution < -0.4 is 5.73 Å². The highest BCUT2D eigenvalue weighted by Gasteiger charge is 2.07. The number of benzene rings is 1. The predicted molar refractivity (Wildman–Crippen MR) is 63.0 cm³/mol. The van der Waals surface area contributed by atoms with Crippen LogP contribution in [-0.4, -0.2) is 11.8 Å². The molecule has 0 aliphatic rings. The molecule has 1 aromatic rings. The van der Waals surface area contributed by atoms with Crippen LogP contribution in [0.1, 0.15) is 18.4 Å². The Balaban J connectivity index is 2.55. The Morgan fingerprint density at radius 1 is 1.40 bits per heavy atom. The maximum Gasteiger partial charge on any atom is 0.172 e. The normalized spacial score (nSPS) is 12.9. The summed E-state index contributed by atoms with van der Waals surface area (Å²) in [5.74, 6) is -0.0393. The van der Waals surface area contributed by atoms with Crippen molar-refractivity contribution in [1.82, 2.24) is 0 Å². The highest BCUT2D eigenvalue weighted by Crippen LogP contribution is 2.02. The zero-order valence-corrected chi connectivity index (χ0v) is 8.73. The monoisotopic (exact) mass is 202 g/mol. The maximum atomic E-state index is 11.5. The van der Waals surface area contributed by atoms with E-state index in [-0.39, 0.29) is 5.78 Å². The van der Waals surface area contributed by atoms with Crippen molar-refractivity contribution in [2.45, 2.75) is 18.9 Å². The minimum absolute atomic E-state index is 0.0393. The van der Waals surface area contributed by atoms with Gasteiger partial charge < -0.3 is 5.73 Å². The zero-order chi connectivity index (χ0) is 11.1. The van der Waals surface area contributed by atoms with E-state index in [4.69, 9.17) is 5.73 Å². The summed E-state index contributed by atoms with van der Waals surface area (Å²) in [5, 5.41) is 0. The molecule has 0 saturated carbocycles. The van der Waals surface area contributed by atoms with Gasteiger partial charge in [0.1, 0.15) is 0 Å². The van der Waals surface area contributed by atoms with Crippen LogP contribution in [0.3, 0.4) is 0 Å². The Kier molecular flexibility index (Phi) is 4.78. The fourth-order valence-corrected chi connectivity index (χ4v) is 1.23. The number of ketones is 1. The van der Waals surface area contributed by atoms with Crippen molar-refractivity contribution in [2.75, 3.05) is 0 Å². The first-order valence-electron chi connectivity index (χ1n) is 5.06. The van der Waals surface area contributed by atoms with Gasteiger partial charge in [-0.25, -0.2) is 0 Å². The largest absolute Gasteiger partial charge is 0.321 e. The summed E-state index contributed by atoms with van der Waals surface area (Å²) in [6, 6.07) is 9.27. The fraction of sp³-hybridized carbons (Fsp3) is 0.231. The van der Waals surface area contributed by atoms with Crippen molar-refractivity contribution < 1.29 is 4.79 Å². The second-order valence-corrected chi connectivity index (χ2v) is 3.40. The van der Waals surface area contributed by atoms with E-state index in [2.05, 4.69) is 6.92 Å². The number of rotatable bonds is 5. The van der Waals surface area contributed by atoms with Crippen LogP contribution in [-0.2, 0) is 4.79 Å². The minimum atomic E-state index is -0.414. The predicted octanol–water partition coefficient (Wildman–Crippen LogP) is 2.21. The van der Waals surface area contributed by atoms with Crippen LogP contribution in [0, 0.1) is 6.92 Å². The summed E-state index contributed by atoms with van der Waals surface area (Å²) in [4.78, 5) is 11.5. The van der Waals surface area contributed by atoms with E-state index in [1.807, 2.05) is 30.3 Å². The first-order valence-corrected chi connectivity index (χ1v) is 5.06. The molecule has 0 aliphatic heterocycles. The van der Waals surface area contributed by atoms with Gasteiger partial charge in [0.05, 0.1) is 6.04 Å². The molecule has 0 fully saturated rings. The second kappa shape index (κ2) is 6.14. The van der Waals surface area contributed by atoms with Crippen molar-refractivity contribution in [1.29, 1.82) is 0 Å². The van der Waals surface area contributed by atoms with Crippen molar-refractivity contribution in [3.8, 4) is 0 Å². The molecule has 79 valence electrons. The van der Waals surface area contributed by atoms with Gasteiger partial charge in [0.25, 0.3) is 0 Å². The van der Waals surface area contributed by atoms with Gasteiger partial charge in [0.15, 0.2) is 5.78 Å². The van der Waals surface area contributed by atoms with E-state index < -0.39 is 6.04 Å². The first kappa shape index (κ1) is 11.7. The zero-order valence-electron chi connectivity index (χ0n) is 8.73. The molecule has 1 unspecified atom stereocenters. The number of nitrogens with two attached hydrogens (primary N) is 1. The summed E-state index contributed by atoms with van der Waals surface area (Å²) in [7, 11) is 0. The molecular weight excluding hydrogens is 186 g/mol. The van der Waals surface area contributed by atoms with E-state index >= 15 is 0 Å². The summed E-state index contributed by atoms with van der Waals surface area (Å²) >= 11 is 0. The van der Waals surface area contributed by atoms with Gasteiger partial charge in [-0.2, -0.15) is 0 Å². The molecule has 2 heteroatoms. The van der Waals surface area contributed by atoms with E-state index in [0.717, 1.165) is 5.56 Å². The lowest BCUT2D eigenvalue weighted by molar-refractivity contribution is -0.115. The van der Waals surface area contributed by atoms with E-state index in [1.165, 1.54) is 6.08 Å². The first-order chi connectivity index (χ1) is 7.24. The van der Waals surface area contributed by atoms with Gasteiger partial charge in [0, 0.05) is 0 Å².